The van der Waals surface area contributed by atoms with Crippen LogP contribution in [0.4, 0.5) is 0 Å². The van der Waals surface area contributed by atoms with Crippen molar-refractivity contribution in [2.75, 3.05) is 6.61 Å². The number of Topliss-reactive ketones (excluding diaryl/α,β-unsaturated/α-hetero) is 1. The van der Waals surface area contributed by atoms with Gasteiger partial charge >= 0.3 is 5.97 Å². The van der Waals surface area contributed by atoms with E-state index >= 15 is 0 Å². The van der Waals surface area contributed by atoms with Crippen molar-refractivity contribution in [3.63, 3.8) is 0 Å². The third-order valence-corrected chi connectivity index (χ3v) is 6.75. The minimum Gasteiger partial charge on any atom is -0.428 e. The van der Waals surface area contributed by atoms with E-state index in [4.69, 9.17) is 19.3 Å². The summed E-state index contributed by atoms with van der Waals surface area (Å²) in [5, 5.41) is 20.4. The predicted octanol–water partition coefficient (Wildman–Crippen LogP) is 1.09. The lowest BCUT2D eigenvalue weighted by Gasteiger charge is -2.35. The van der Waals surface area contributed by atoms with Gasteiger partial charge in [0.1, 0.15) is 5.78 Å². The molecule has 8 atom stereocenters. The number of hydrogen-bond acceptors (Lipinski definition) is 7. The molecule has 2 aliphatic heterocycles. The number of carbonyl (C=O) groups is 2. The Balaban J connectivity index is 1.63. The molecule has 3 unspecified atom stereocenters. The molecule has 0 spiro atoms. The van der Waals surface area contributed by atoms with Gasteiger partial charge in [0.2, 0.25) is 6.29 Å². The van der Waals surface area contributed by atoms with Gasteiger partial charge in [-0.25, -0.2) is 4.79 Å². The molecular weight excluding hydrogens is 352 g/mol. The summed E-state index contributed by atoms with van der Waals surface area (Å²) < 4.78 is 17.2. The van der Waals surface area contributed by atoms with Crippen LogP contribution in [0.2, 0.25) is 0 Å². The molecule has 0 aromatic heterocycles. The molecule has 2 N–H and O–H groups in total. The summed E-state index contributed by atoms with van der Waals surface area (Å²) in [6.07, 6.45) is 1.95. The molecule has 4 rings (SSSR count). The quantitative estimate of drug-likeness (QED) is 0.430. The molecule has 0 aromatic rings. The minimum atomic E-state index is -1.73. The highest BCUT2D eigenvalue weighted by Crippen LogP contribution is 2.59. The predicted molar refractivity (Wildman–Crippen MR) is 93.1 cm³/mol. The number of rotatable bonds is 3. The van der Waals surface area contributed by atoms with Crippen molar-refractivity contribution in [2.24, 2.45) is 23.7 Å². The monoisotopic (exact) mass is 378 g/mol. The van der Waals surface area contributed by atoms with Gasteiger partial charge in [-0.3, -0.25) is 4.79 Å². The largest absolute Gasteiger partial charge is 0.428 e. The third kappa shape index (κ3) is 2.71. The number of carbonyl (C=O) groups excluding carboxylic acids is 2. The lowest BCUT2D eigenvalue weighted by atomic mass is 9.78. The van der Waals surface area contributed by atoms with Crippen molar-refractivity contribution >= 4 is 11.8 Å². The van der Waals surface area contributed by atoms with Crippen LogP contribution in [0.25, 0.3) is 0 Å². The first kappa shape index (κ1) is 18.8. The summed E-state index contributed by atoms with van der Waals surface area (Å²) in [5.41, 5.74) is 0.503. The zero-order chi connectivity index (χ0) is 19.5. The van der Waals surface area contributed by atoms with E-state index in [9.17, 15) is 14.7 Å². The zero-order valence-corrected chi connectivity index (χ0v) is 15.6. The standard InChI is InChI=1S/C20H26O7/c1-9(6-7-21)18(23)26-19-10(2)17-14(22)8-12-11(3)25-15-5-4-13(16(12)15)20(17,24)27-19/h6,11-13,15-17,19,21,24H,2,4-5,7-8H2,1,3H3/t11?,12-,13?,15+,16-,17?,19-,20+/m0/s1. The highest BCUT2D eigenvalue weighted by Gasteiger charge is 2.67. The maximum absolute atomic E-state index is 13.0. The SMILES string of the molecule is C=C1C2C(=O)C[C@H]3C(C)O[C@@H]4CCC([C@@H]43)[C@@]2(O)O[C@@H]1OC(=O)C(C)=CCO. The second kappa shape index (κ2) is 6.51. The number of ether oxygens (including phenoxy) is 3. The Bertz CT molecular complexity index is 713. The molecular formula is C20H26O7. The number of esters is 1. The van der Waals surface area contributed by atoms with Crippen LogP contribution in [0.15, 0.2) is 23.8 Å². The first-order chi connectivity index (χ1) is 12.8. The Morgan fingerprint density at radius 3 is 2.89 bits per heavy atom. The molecule has 4 fully saturated rings. The van der Waals surface area contributed by atoms with E-state index < -0.39 is 24.0 Å². The molecule has 7 nitrogen and oxygen atoms in total. The molecule has 2 aliphatic carbocycles. The molecule has 0 bridgehead atoms. The maximum atomic E-state index is 13.0. The molecule has 2 saturated carbocycles. The minimum absolute atomic E-state index is 0.0256. The third-order valence-electron chi connectivity index (χ3n) is 6.75. The van der Waals surface area contributed by atoms with Crippen LogP contribution in [0, 0.1) is 23.7 Å². The van der Waals surface area contributed by atoms with Crippen LogP contribution >= 0.6 is 0 Å². The van der Waals surface area contributed by atoms with E-state index in [2.05, 4.69) is 6.58 Å². The molecule has 4 aliphatic rings. The van der Waals surface area contributed by atoms with Gasteiger partial charge in [-0.05, 0) is 44.6 Å². The number of aliphatic hydroxyl groups is 2. The second-order valence-electron chi connectivity index (χ2n) is 8.16. The van der Waals surface area contributed by atoms with Crippen molar-refractivity contribution in [1.82, 2.24) is 0 Å². The summed E-state index contributed by atoms with van der Waals surface area (Å²) in [5.74, 6) is -3.59. The van der Waals surface area contributed by atoms with Crippen molar-refractivity contribution in [2.45, 2.75) is 57.4 Å². The van der Waals surface area contributed by atoms with Gasteiger partial charge in [0.25, 0.3) is 0 Å². The van der Waals surface area contributed by atoms with E-state index in [1.54, 1.807) is 0 Å². The zero-order valence-electron chi connectivity index (χ0n) is 15.6. The molecule has 0 radical (unpaired) electrons. The number of aliphatic hydroxyl groups excluding tert-OH is 1. The van der Waals surface area contributed by atoms with Gasteiger partial charge in [0, 0.05) is 23.5 Å². The van der Waals surface area contributed by atoms with Gasteiger partial charge in [-0.15, -0.1) is 0 Å². The second-order valence-corrected chi connectivity index (χ2v) is 8.16. The van der Waals surface area contributed by atoms with Gasteiger partial charge in [0.05, 0.1) is 24.7 Å². The van der Waals surface area contributed by atoms with Crippen LogP contribution in [0.1, 0.15) is 33.1 Å². The molecule has 0 amide bonds. The van der Waals surface area contributed by atoms with E-state index in [1.807, 2.05) is 6.92 Å². The smallest absolute Gasteiger partial charge is 0.336 e. The molecule has 7 heteroatoms. The topological polar surface area (TPSA) is 102 Å². The molecule has 2 heterocycles. The van der Waals surface area contributed by atoms with E-state index in [0.29, 0.717) is 12.8 Å². The fourth-order valence-corrected chi connectivity index (χ4v) is 5.51. The average molecular weight is 378 g/mol. The summed E-state index contributed by atoms with van der Waals surface area (Å²) in [6, 6.07) is 0. The fraction of sp³-hybridized carbons (Fsp3) is 0.700. The summed E-state index contributed by atoms with van der Waals surface area (Å²) >= 11 is 0. The maximum Gasteiger partial charge on any atom is 0.336 e. The Labute approximate surface area is 158 Å². The van der Waals surface area contributed by atoms with Crippen molar-refractivity contribution in [3.05, 3.63) is 23.8 Å². The fourth-order valence-electron chi connectivity index (χ4n) is 5.51. The van der Waals surface area contributed by atoms with Crippen molar-refractivity contribution in [3.8, 4) is 0 Å². The number of fused-ring (bicyclic) bond motifs is 2. The lowest BCUT2D eigenvalue weighted by Crippen LogP contribution is -2.47. The van der Waals surface area contributed by atoms with E-state index in [-0.39, 0.29) is 53.5 Å². The number of hydrogen-bond donors (Lipinski definition) is 2. The first-order valence-corrected chi connectivity index (χ1v) is 9.53. The van der Waals surface area contributed by atoms with Gasteiger partial charge in [-0.2, -0.15) is 0 Å². The van der Waals surface area contributed by atoms with E-state index in [1.165, 1.54) is 13.0 Å². The van der Waals surface area contributed by atoms with Crippen molar-refractivity contribution in [1.29, 1.82) is 0 Å². The molecule has 2 saturated heterocycles. The van der Waals surface area contributed by atoms with Crippen molar-refractivity contribution < 1.29 is 34.0 Å². The van der Waals surface area contributed by atoms with E-state index in [0.717, 1.165) is 6.42 Å². The molecule has 0 aromatic carbocycles. The van der Waals surface area contributed by atoms with Crippen LogP contribution in [0.5, 0.6) is 0 Å². The Morgan fingerprint density at radius 1 is 1.44 bits per heavy atom. The highest BCUT2D eigenvalue weighted by molar-refractivity contribution is 5.89. The Kier molecular flexibility index (Phi) is 4.54. The van der Waals surface area contributed by atoms with Gasteiger partial charge in [0.15, 0.2) is 5.79 Å². The summed E-state index contributed by atoms with van der Waals surface area (Å²) in [7, 11) is 0. The van der Waals surface area contributed by atoms with Gasteiger partial charge in [-0.1, -0.05) is 6.58 Å². The number of ketones is 1. The highest BCUT2D eigenvalue weighted by atomic mass is 16.8. The van der Waals surface area contributed by atoms with Crippen LogP contribution in [-0.4, -0.2) is 52.9 Å². The summed E-state index contributed by atoms with van der Waals surface area (Å²) in [6.45, 7) is 7.13. The van der Waals surface area contributed by atoms with Crippen LogP contribution in [0.3, 0.4) is 0 Å². The summed E-state index contributed by atoms with van der Waals surface area (Å²) in [4.78, 5) is 25.2. The lowest BCUT2D eigenvalue weighted by molar-refractivity contribution is -0.278. The first-order valence-electron chi connectivity index (χ1n) is 9.53. The van der Waals surface area contributed by atoms with Gasteiger partial charge < -0.3 is 24.4 Å². The Morgan fingerprint density at radius 2 is 2.19 bits per heavy atom. The molecule has 148 valence electrons. The van der Waals surface area contributed by atoms with Crippen LogP contribution in [-0.2, 0) is 23.8 Å². The molecule has 27 heavy (non-hydrogen) atoms. The average Bonchev–Trinajstić information content (AvgIpc) is 3.19. The van der Waals surface area contributed by atoms with Crippen LogP contribution < -0.4 is 0 Å². The normalized spacial score (nSPS) is 46.2. The Hall–Kier alpha value is -1.54.